The van der Waals surface area contributed by atoms with Gasteiger partial charge in [-0.3, -0.25) is 0 Å². The number of carbonyl (C=O) groups is 1. The molecule has 0 aliphatic carbocycles. The topological polar surface area (TPSA) is 76.8 Å². The number of aromatic amines is 2. The van der Waals surface area contributed by atoms with Gasteiger partial charge in [0, 0.05) is 35.5 Å². The third-order valence-corrected chi connectivity index (χ3v) is 4.57. The van der Waals surface area contributed by atoms with Crippen LogP contribution in [0.5, 0.6) is 0 Å². The van der Waals surface area contributed by atoms with Gasteiger partial charge in [-0.25, -0.2) is 9.78 Å². The summed E-state index contributed by atoms with van der Waals surface area (Å²) < 4.78 is 0. The van der Waals surface area contributed by atoms with Gasteiger partial charge >= 0.3 is 6.03 Å². The van der Waals surface area contributed by atoms with E-state index in [2.05, 4.69) is 39.3 Å². The van der Waals surface area contributed by atoms with Crippen molar-refractivity contribution in [2.75, 3.05) is 7.05 Å². The lowest BCUT2D eigenvalue weighted by Gasteiger charge is -2.22. The molecule has 2 aromatic heterocycles. The fourth-order valence-corrected chi connectivity index (χ4v) is 3.04. The van der Waals surface area contributed by atoms with Crippen LogP contribution in [0.2, 0.25) is 0 Å². The SMILES string of the molecule is CC[C@@H](NC(=O)N(C)Cc1[nH]c2ccccc2c1C)c1ncc(C)[nH]1. The van der Waals surface area contributed by atoms with Gasteiger partial charge < -0.3 is 20.2 Å². The zero-order chi connectivity index (χ0) is 18.0. The number of carbonyl (C=O) groups excluding carboxylic acids is 1. The second-order valence-electron chi connectivity index (χ2n) is 6.49. The van der Waals surface area contributed by atoms with E-state index in [-0.39, 0.29) is 12.1 Å². The molecule has 6 nitrogen and oxygen atoms in total. The van der Waals surface area contributed by atoms with Crippen LogP contribution in [0.25, 0.3) is 10.9 Å². The first-order valence-corrected chi connectivity index (χ1v) is 8.59. The van der Waals surface area contributed by atoms with Crippen LogP contribution < -0.4 is 5.32 Å². The summed E-state index contributed by atoms with van der Waals surface area (Å²) in [5, 5.41) is 4.25. The van der Waals surface area contributed by atoms with Crippen LogP contribution in [0, 0.1) is 13.8 Å². The lowest BCUT2D eigenvalue weighted by molar-refractivity contribution is 0.201. The number of aryl methyl sites for hydroxylation is 2. The number of nitrogens with one attached hydrogen (secondary N) is 3. The summed E-state index contributed by atoms with van der Waals surface area (Å²) in [4.78, 5) is 25.2. The van der Waals surface area contributed by atoms with Crippen LogP contribution in [0.1, 0.15) is 42.2 Å². The molecule has 3 aromatic rings. The first-order valence-electron chi connectivity index (χ1n) is 8.59. The molecule has 3 N–H and O–H groups in total. The molecule has 0 saturated carbocycles. The molecule has 132 valence electrons. The van der Waals surface area contributed by atoms with E-state index in [0.717, 1.165) is 29.1 Å². The zero-order valence-corrected chi connectivity index (χ0v) is 15.2. The lowest BCUT2D eigenvalue weighted by atomic mass is 10.1. The number of rotatable bonds is 5. The maximum atomic E-state index is 12.6. The summed E-state index contributed by atoms with van der Waals surface area (Å²) in [5.74, 6) is 0.795. The van der Waals surface area contributed by atoms with E-state index in [1.165, 1.54) is 10.9 Å². The highest BCUT2D eigenvalue weighted by Crippen LogP contribution is 2.22. The number of benzene rings is 1. The van der Waals surface area contributed by atoms with Gasteiger partial charge in [0.15, 0.2) is 0 Å². The van der Waals surface area contributed by atoms with Crippen molar-refractivity contribution in [1.82, 2.24) is 25.2 Å². The number of hydrogen-bond acceptors (Lipinski definition) is 2. The van der Waals surface area contributed by atoms with Crippen LogP contribution in [-0.2, 0) is 6.54 Å². The third-order valence-electron chi connectivity index (χ3n) is 4.57. The van der Waals surface area contributed by atoms with E-state index in [4.69, 9.17) is 0 Å². The number of aromatic nitrogens is 3. The minimum Gasteiger partial charge on any atom is -0.357 e. The number of H-pyrrole nitrogens is 2. The van der Waals surface area contributed by atoms with Crippen molar-refractivity contribution in [3.8, 4) is 0 Å². The van der Waals surface area contributed by atoms with Gasteiger partial charge in [0.25, 0.3) is 0 Å². The Morgan fingerprint density at radius 1 is 1.28 bits per heavy atom. The van der Waals surface area contributed by atoms with Gasteiger partial charge in [-0.1, -0.05) is 25.1 Å². The predicted octanol–water partition coefficient (Wildman–Crippen LogP) is 3.80. The van der Waals surface area contributed by atoms with Crippen molar-refractivity contribution in [2.24, 2.45) is 0 Å². The molecule has 1 atom stereocenters. The number of urea groups is 1. The summed E-state index contributed by atoms with van der Waals surface area (Å²) in [6.07, 6.45) is 2.56. The number of amides is 2. The highest BCUT2D eigenvalue weighted by molar-refractivity contribution is 5.84. The monoisotopic (exact) mass is 339 g/mol. The Bertz CT molecular complexity index is 879. The van der Waals surface area contributed by atoms with Crippen LogP contribution in [0.3, 0.4) is 0 Å². The van der Waals surface area contributed by atoms with Crippen molar-refractivity contribution in [3.63, 3.8) is 0 Å². The highest BCUT2D eigenvalue weighted by atomic mass is 16.2. The fraction of sp³-hybridized carbons (Fsp3) is 0.368. The van der Waals surface area contributed by atoms with Gasteiger partial charge in [-0.15, -0.1) is 0 Å². The third kappa shape index (κ3) is 3.52. The summed E-state index contributed by atoms with van der Waals surface area (Å²) in [6.45, 7) is 6.60. The molecular weight excluding hydrogens is 314 g/mol. The highest BCUT2D eigenvalue weighted by Gasteiger charge is 2.19. The van der Waals surface area contributed by atoms with Gasteiger partial charge in [0.1, 0.15) is 5.82 Å². The molecule has 2 heterocycles. The van der Waals surface area contributed by atoms with Crippen molar-refractivity contribution in [2.45, 2.75) is 39.8 Å². The average molecular weight is 339 g/mol. The summed E-state index contributed by atoms with van der Waals surface area (Å²) in [7, 11) is 1.81. The Kier molecular flexibility index (Phi) is 4.79. The molecule has 2 amide bonds. The molecule has 25 heavy (non-hydrogen) atoms. The number of hydrogen-bond donors (Lipinski definition) is 3. The zero-order valence-electron chi connectivity index (χ0n) is 15.2. The van der Waals surface area contributed by atoms with Gasteiger partial charge in [0.05, 0.1) is 12.6 Å². The van der Waals surface area contributed by atoms with Gasteiger partial charge in [-0.05, 0) is 31.9 Å². The summed E-state index contributed by atoms with van der Waals surface area (Å²) >= 11 is 0. The number of para-hydroxylation sites is 1. The quantitative estimate of drug-likeness (QED) is 0.661. The molecule has 0 spiro atoms. The van der Waals surface area contributed by atoms with E-state index >= 15 is 0 Å². The molecule has 0 saturated heterocycles. The minimum absolute atomic E-state index is 0.112. The lowest BCUT2D eigenvalue weighted by Crippen LogP contribution is -2.39. The summed E-state index contributed by atoms with van der Waals surface area (Å²) in [6, 6.07) is 7.96. The molecule has 3 rings (SSSR count). The van der Waals surface area contributed by atoms with Gasteiger partial charge in [0.2, 0.25) is 0 Å². The second kappa shape index (κ2) is 7.01. The van der Waals surface area contributed by atoms with E-state index in [9.17, 15) is 4.79 Å². The van der Waals surface area contributed by atoms with Crippen molar-refractivity contribution in [3.05, 3.63) is 53.2 Å². The number of imidazole rings is 1. The van der Waals surface area contributed by atoms with E-state index in [0.29, 0.717) is 6.54 Å². The number of nitrogens with zero attached hydrogens (tertiary/aromatic N) is 2. The van der Waals surface area contributed by atoms with Crippen molar-refractivity contribution < 1.29 is 4.79 Å². The maximum Gasteiger partial charge on any atom is 0.318 e. The Morgan fingerprint density at radius 2 is 2.04 bits per heavy atom. The van der Waals surface area contributed by atoms with Crippen LogP contribution >= 0.6 is 0 Å². The fourth-order valence-electron chi connectivity index (χ4n) is 3.04. The van der Waals surface area contributed by atoms with E-state index in [1.807, 2.05) is 26.0 Å². The van der Waals surface area contributed by atoms with Crippen molar-refractivity contribution >= 4 is 16.9 Å². The molecule has 0 bridgehead atoms. The largest absolute Gasteiger partial charge is 0.357 e. The van der Waals surface area contributed by atoms with Crippen LogP contribution in [0.15, 0.2) is 30.5 Å². The van der Waals surface area contributed by atoms with E-state index in [1.54, 1.807) is 18.1 Å². The Labute approximate surface area is 147 Å². The number of fused-ring (bicyclic) bond motifs is 1. The molecule has 0 aliphatic heterocycles. The first-order chi connectivity index (χ1) is 12.0. The Hall–Kier alpha value is -2.76. The first kappa shape index (κ1) is 17.1. The summed E-state index contributed by atoms with van der Waals surface area (Å²) in [5.41, 5.74) is 4.33. The average Bonchev–Trinajstić information content (AvgIpc) is 3.17. The van der Waals surface area contributed by atoms with E-state index < -0.39 is 0 Å². The molecule has 0 aliphatic rings. The molecule has 0 radical (unpaired) electrons. The molecule has 6 heteroatoms. The molecule has 0 fully saturated rings. The Balaban J connectivity index is 1.70. The normalized spacial score (nSPS) is 12.3. The van der Waals surface area contributed by atoms with Crippen LogP contribution in [-0.4, -0.2) is 32.9 Å². The maximum absolute atomic E-state index is 12.6. The minimum atomic E-state index is -0.118. The van der Waals surface area contributed by atoms with Gasteiger partial charge in [-0.2, -0.15) is 0 Å². The van der Waals surface area contributed by atoms with Crippen LogP contribution in [0.4, 0.5) is 4.79 Å². The molecule has 1 aromatic carbocycles. The standard InChI is InChI=1S/C19H25N5O/c1-5-15(18-20-10-12(2)21-18)23-19(25)24(4)11-17-13(3)14-8-6-7-9-16(14)22-17/h6-10,15,22H,5,11H2,1-4H3,(H,20,21)(H,23,25)/t15-/m1/s1. The molecular formula is C19H25N5O. The van der Waals surface area contributed by atoms with Crippen molar-refractivity contribution in [1.29, 1.82) is 0 Å². The molecule has 0 unspecified atom stereocenters. The Morgan fingerprint density at radius 3 is 2.68 bits per heavy atom. The smallest absolute Gasteiger partial charge is 0.318 e. The predicted molar refractivity (Wildman–Crippen MR) is 99.4 cm³/mol. The second-order valence-corrected chi connectivity index (χ2v) is 6.49.